The number of nitriles is 1. The van der Waals surface area contributed by atoms with Crippen LogP contribution in [0.4, 0.5) is 19.0 Å². The third kappa shape index (κ3) is 2.53. The Labute approximate surface area is 123 Å². The van der Waals surface area contributed by atoms with E-state index in [2.05, 4.69) is 9.84 Å². The molecule has 0 fully saturated rings. The molecule has 0 radical (unpaired) electrons. The van der Waals surface area contributed by atoms with Crippen molar-refractivity contribution in [1.82, 2.24) is 9.78 Å². The number of benzene rings is 1. The second-order valence-electron chi connectivity index (χ2n) is 4.44. The Morgan fingerprint density at radius 3 is 2.59 bits per heavy atom. The average Bonchev–Trinajstić information content (AvgIpc) is 2.75. The molecule has 0 aliphatic carbocycles. The van der Waals surface area contributed by atoms with E-state index in [0.717, 1.165) is 7.11 Å². The van der Waals surface area contributed by atoms with Crippen molar-refractivity contribution in [1.29, 1.82) is 5.26 Å². The SMILES string of the molecule is COc1c(C(OC)C(F)(F)F)ccc2c1c(N)nn2CC#N. The van der Waals surface area contributed by atoms with Gasteiger partial charge in [0.05, 0.1) is 24.1 Å². The van der Waals surface area contributed by atoms with Crippen molar-refractivity contribution in [3.63, 3.8) is 0 Å². The van der Waals surface area contributed by atoms with E-state index in [4.69, 9.17) is 15.7 Å². The van der Waals surface area contributed by atoms with Gasteiger partial charge >= 0.3 is 6.18 Å². The minimum absolute atomic E-state index is 0.0130. The molecule has 1 heterocycles. The summed E-state index contributed by atoms with van der Waals surface area (Å²) in [5.74, 6) is -0.0793. The van der Waals surface area contributed by atoms with Crippen molar-refractivity contribution in [2.45, 2.75) is 18.8 Å². The average molecular weight is 314 g/mol. The van der Waals surface area contributed by atoms with Gasteiger partial charge in [-0.1, -0.05) is 6.07 Å². The van der Waals surface area contributed by atoms with Gasteiger partial charge in [-0.15, -0.1) is 0 Å². The second-order valence-corrected chi connectivity index (χ2v) is 4.44. The van der Waals surface area contributed by atoms with Gasteiger partial charge in [0.25, 0.3) is 0 Å². The van der Waals surface area contributed by atoms with Crippen molar-refractivity contribution in [2.75, 3.05) is 20.0 Å². The summed E-state index contributed by atoms with van der Waals surface area (Å²) in [6, 6.07) is 4.54. The largest absolute Gasteiger partial charge is 0.496 e. The topological polar surface area (TPSA) is 86.1 Å². The van der Waals surface area contributed by atoms with E-state index in [1.807, 2.05) is 6.07 Å². The normalized spacial score (nSPS) is 13.1. The Morgan fingerprint density at radius 2 is 2.09 bits per heavy atom. The summed E-state index contributed by atoms with van der Waals surface area (Å²) in [5.41, 5.74) is 5.97. The first-order chi connectivity index (χ1) is 10.3. The Bertz CT molecular complexity index is 733. The van der Waals surface area contributed by atoms with Crippen molar-refractivity contribution in [2.24, 2.45) is 0 Å². The standard InChI is InChI=1S/C13H13F3N4O2/c1-21-10-7(11(22-2)13(14,15)16)3-4-8-9(10)12(18)19-20(8)6-5-17/h3-4,11H,6H2,1-2H3,(H2,18,19). The molecule has 6 nitrogen and oxygen atoms in total. The zero-order chi connectivity index (χ0) is 16.5. The number of fused-ring (bicyclic) bond motifs is 1. The number of rotatable bonds is 4. The summed E-state index contributed by atoms with van der Waals surface area (Å²) in [7, 11) is 2.20. The van der Waals surface area contributed by atoms with E-state index in [-0.39, 0.29) is 29.1 Å². The number of methoxy groups -OCH3 is 2. The molecule has 2 N–H and O–H groups in total. The minimum Gasteiger partial charge on any atom is -0.496 e. The molecule has 0 amide bonds. The molecule has 0 bridgehead atoms. The predicted octanol–water partition coefficient (Wildman–Crippen LogP) is 2.40. The van der Waals surface area contributed by atoms with E-state index < -0.39 is 12.3 Å². The van der Waals surface area contributed by atoms with E-state index in [9.17, 15) is 13.2 Å². The fraction of sp³-hybridized carbons (Fsp3) is 0.385. The Kier molecular flexibility index (Phi) is 4.14. The molecule has 1 unspecified atom stereocenters. The number of ether oxygens (including phenoxy) is 2. The smallest absolute Gasteiger partial charge is 0.418 e. The monoisotopic (exact) mass is 314 g/mol. The summed E-state index contributed by atoms with van der Waals surface area (Å²) in [5, 5.41) is 12.9. The number of aromatic nitrogens is 2. The summed E-state index contributed by atoms with van der Waals surface area (Å²) < 4.78 is 50.2. The highest BCUT2D eigenvalue weighted by Gasteiger charge is 2.43. The van der Waals surface area contributed by atoms with Crippen LogP contribution in [0.2, 0.25) is 0 Å². The van der Waals surface area contributed by atoms with Crippen molar-refractivity contribution >= 4 is 16.7 Å². The summed E-state index contributed by atoms with van der Waals surface area (Å²) in [6.07, 6.45) is -6.75. The number of hydrogen-bond donors (Lipinski definition) is 1. The van der Waals surface area contributed by atoms with E-state index in [1.54, 1.807) is 0 Å². The number of halogens is 3. The van der Waals surface area contributed by atoms with Gasteiger partial charge < -0.3 is 15.2 Å². The van der Waals surface area contributed by atoms with E-state index >= 15 is 0 Å². The number of hydrogen-bond acceptors (Lipinski definition) is 5. The summed E-state index contributed by atoms with van der Waals surface area (Å²) in [4.78, 5) is 0. The Balaban J connectivity index is 2.74. The van der Waals surface area contributed by atoms with Gasteiger partial charge in [-0.2, -0.15) is 23.5 Å². The number of nitrogens with two attached hydrogens (primary N) is 1. The molecule has 0 saturated carbocycles. The highest BCUT2D eigenvalue weighted by Crippen LogP contribution is 2.43. The van der Waals surface area contributed by atoms with Crippen LogP contribution in [-0.4, -0.2) is 30.2 Å². The fourth-order valence-corrected chi connectivity index (χ4v) is 2.34. The van der Waals surface area contributed by atoms with Gasteiger partial charge in [0, 0.05) is 12.7 Å². The quantitative estimate of drug-likeness (QED) is 0.936. The molecule has 2 rings (SSSR count). The summed E-state index contributed by atoms with van der Waals surface area (Å²) >= 11 is 0. The molecule has 9 heteroatoms. The molecule has 1 aromatic heterocycles. The maximum Gasteiger partial charge on any atom is 0.418 e. The first kappa shape index (κ1) is 15.9. The number of nitrogens with zero attached hydrogens (tertiary/aromatic N) is 3. The number of anilines is 1. The molecule has 22 heavy (non-hydrogen) atoms. The highest BCUT2D eigenvalue weighted by atomic mass is 19.4. The molecular formula is C13H13F3N4O2. The lowest BCUT2D eigenvalue weighted by atomic mass is 10.0. The van der Waals surface area contributed by atoms with Gasteiger partial charge in [-0.3, -0.25) is 0 Å². The maximum atomic E-state index is 13.1. The third-order valence-corrected chi connectivity index (χ3v) is 3.17. The van der Waals surface area contributed by atoms with Gasteiger partial charge in [-0.05, 0) is 6.07 Å². The van der Waals surface area contributed by atoms with Crippen LogP contribution in [0.5, 0.6) is 5.75 Å². The fourth-order valence-electron chi connectivity index (χ4n) is 2.34. The third-order valence-electron chi connectivity index (χ3n) is 3.17. The molecule has 0 aliphatic heterocycles. The van der Waals surface area contributed by atoms with E-state index in [0.29, 0.717) is 5.52 Å². The van der Waals surface area contributed by atoms with Crippen LogP contribution in [0.25, 0.3) is 10.9 Å². The van der Waals surface area contributed by atoms with Gasteiger partial charge in [-0.25, -0.2) is 4.68 Å². The number of alkyl halides is 3. The molecule has 0 aliphatic rings. The van der Waals surface area contributed by atoms with Crippen molar-refractivity contribution < 1.29 is 22.6 Å². The highest BCUT2D eigenvalue weighted by molar-refractivity contribution is 5.96. The lowest BCUT2D eigenvalue weighted by molar-refractivity contribution is -0.216. The molecule has 2 aromatic rings. The molecule has 118 valence electrons. The predicted molar refractivity (Wildman–Crippen MR) is 72.1 cm³/mol. The first-order valence-electron chi connectivity index (χ1n) is 6.14. The zero-order valence-electron chi connectivity index (χ0n) is 11.8. The molecule has 0 saturated heterocycles. The first-order valence-corrected chi connectivity index (χ1v) is 6.14. The minimum atomic E-state index is -4.60. The van der Waals surface area contributed by atoms with Crippen molar-refractivity contribution in [3.8, 4) is 11.8 Å². The second kappa shape index (κ2) is 5.73. The van der Waals surface area contributed by atoms with Crippen LogP contribution in [0.15, 0.2) is 12.1 Å². The van der Waals surface area contributed by atoms with Gasteiger partial charge in [0.1, 0.15) is 12.3 Å². The lowest BCUT2D eigenvalue weighted by Gasteiger charge is -2.21. The van der Waals surface area contributed by atoms with Crippen LogP contribution in [0.3, 0.4) is 0 Å². The van der Waals surface area contributed by atoms with Crippen LogP contribution < -0.4 is 10.5 Å². The van der Waals surface area contributed by atoms with Gasteiger partial charge in [0.15, 0.2) is 11.9 Å². The van der Waals surface area contributed by atoms with Crippen LogP contribution in [0.1, 0.15) is 11.7 Å². The van der Waals surface area contributed by atoms with Crippen molar-refractivity contribution in [3.05, 3.63) is 17.7 Å². The van der Waals surface area contributed by atoms with Gasteiger partial charge in [0.2, 0.25) is 0 Å². The van der Waals surface area contributed by atoms with E-state index in [1.165, 1.54) is 23.9 Å². The number of nitrogen functional groups attached to an aromatic ring is 1. The molecule has 1 atom stereocenters. The Hall–Kier alpha value is -2.47. The molecule has 0 spiro atoms. The van der Waals surface area contributed by atoms with Crippen LogP contribution in [0, 0.1) is 11.3 Å². The van der Waals surface area contributed by atoms with Crippen LogP contribution >= 0.6 is 0 Å². The molecular weight excluding hydrogens is 301 g/mol. The Morgan fingerprint density at radius 1 is 1.41 bits per heavy atom. The molecule has 1 aromatic carbocycles. The van der Waals surface area contributed by atoms with Crippen LogP contribution in [-0.2, 0) is 11.3 Å². The lowest BCUT2D eigenvalue weighted by Crippen LogP contribution is -2.23. The summed E-state index contributed by atoms with van der Waals surface area (Å²) in [6.45, 7) is -0.0802. The zero-order valence-corrected chi connectivity index (χ0v) is 11.8. The maximum absolute atomic E-state index is 13.1.